The van der Waals surface area contributed by atoms with Gasteiger partial charge in [-0.15, -0.1) is 0 Å². The molecule has 17 heavy (non-hydrogen) atoms. The number of hydrogen-bond donors (Lipinski definition) is 1. The van der Waals surface area contributed by atoms with Crippen molar-refractivity contribution in [3.8, 4) is 0 Å². The molecule has 0 saturated carbocycles. The van der Waals surface area contributed by atoms with E-state index in [4.69, 9.17) is 16.3 Å². The van der Waals surface area contributed by atoms with Gasteiger partial charge in [-0.2, -0.15) is 4.98 Å². The summed E-state index contributed by atoms with van der Waals surface area (Å²) >= 11 is 9.07. The normalized spacial score (nSPS) is 10.9. The Morgan fingerprint density at radius 2 is 2.24 bits per heavy atom. The van der Waals surface area contributed by atoms with Crippen molar-refractivity contribution in [3.63, 3.8) is 0 Å². The van der Waals surface area contributed by atoms with E-state index in [9.17, 15) is 0 Å². The van der Waals surface area contributed by atoms with Crippen LogP contribution in [-0.4, -0.2) is 29.2 Å². The standard InChI is InChI=1S/C11H17BrClN3O/c1-8(2)17-6-4-3-5-14-10-9(12)7-15-11(13)16-10/h7-8H,3-6H2,1-2H3,(H,14,15,16). The highest BCUT2D eigenvalue weighted by Gasteiger charge is 2.02. The lowest BCUT2D eigenvalue weighted by atomic mass is 10.3. The van der Waals surface area contributed by atoms with Gasteiger partial charge in [0.15, 0.2) is 0 Å². The van der Waals surface area contributed by atoms with Gasteiger partial charge in [-0.25, -0.2) is 4.98 Å². The highest BCUT2D eigenvalue weighted by molar-refractivity contribution is 9.10. The molecule has 96 valence electrons. The van der Waals surface area contributed by atoms with Crippen molar-refractivity contribution < 1.29 is 4.74 Å². The van der Waals surface area contributed by atoms with Crippen LogP contribution >= 0.6 is 27.5 Å². The summed E-state index contributed by atoms with van der Waals surface area (Å²) in [6.07, 6.45) is 4.00. The average molecular weight is 323 g/mol. The molecule has 1 aromatic rings. The molecule has 1 aromatic heterocycles. The van der Waals surface area contributed by atoms with Crippen LogP contribution in [0.5, 0.6) is 0 Å². The SMILES string of the molecule is CC(C)OCCCCNc1nc(Cl)ncc1Br. The number of halogens is 2. The highest BCUT2D eigenvalue weighted by atomic mass is 79.9. The van der Waals surface area contributed by atoms with Crippen LogP contribution in [0.3, 0.4) is 0 Å². The van der Waals surface area contributed by atoms with Gasteiger partial charge in [0.05, 0.1) is 10.6 Å². The molecule has 0 atom stereocenters. The van der Waals surface area contributed by atoms with Crippen LogP contribution in [0.15, 0.2) is 10.7 Å². The van der Waals surface area contributed by atoms with Crippen molar-refractivity contribution in [1.29, 1.82) is 0 Å². The lowest BCUT2D eigenvalue weighted by Crippen LogP contribution is -2.08. The first-order valence-electron chi connectivity index (χ1n) is 5.63. The highest BCUT2D eigenvalue weighted by Crippen LogP contribution is 2.19. The Morgan fingerprint density at radius 1 is 1.47 bits per heavy atom. The third-order valence-electron chi connectivity index (χ3n) is 2.03. The molecule has 6 heteroatoms. The van der Waals surface area contributed by atoms with Gasteiger partial charge in [-0.1, -0.05) is 0 Å². The maximum Gasteiger partial charge on any atom is 0.224 e. The molecule has 0 aliphatic heterocycles. The number of unbranched alkanes of at least 4 members (excludes halogenated alkanes) is 1. The van der Waals surface area contributed by atoms with E-state index in [1.807, 2.05) is 13.8 Å². The third-order valence-corrected chi connectivity index (χ3v) is 2.79. The van der Waals surface area contributed by atoms with Crippen molar-refractivity contribution in [2.24, 2.45) is 0 Å². The van der Waals surface area contributed by atoms with Gasteiger partial charge in [-0.05, 0) is 54.2 Å². The molecule has 0 amide bonds. The van der Waals surface area contributed by atoms with Gasteiger partial charge >= 0.3 is 0 Å². The summed E-state index contributed by atoms with van der Waals surface area (Å²) in [6, 6.07) is 0. The van der Waals surface area contributed by atoms with E-state index in [0.717, 1.165) is 36.3 Å². The number of hydrogen-bond acceptors (Lipinski definition) is 4. The zero-order valence-corrected chi connectivity index (χ0v) is 12.4. The van der Waals surface area contributed by atoms with Gasteiger partial charge in [0.1, 0.15) is 5.82 Å². The van der Waals surface area contributed by atoms with E-state index in [1.165, 1.54) is 0 Å². The lowest BCUT2D eigenvalue weighted by molar-refractivity contribution is 0.0765. The van der Waals surface area contributed by atoms with Gasteiger partial charge < -0.3 is 10.1 Å². The van der Waals surface area contributed by atoms with E-state index >= 15 is 0 Å². The van der Waals surface area contributed by atoms with Crippen LogP contribution in [0.1, 0.15) is 26.7 Å². The molecule has 4 nitrogen and oxygen atoms in total. The molecule has 1 heterocycles. The van der Waals surface area contributed by atoms with Crippen LogP contribution in [0.2, 0.25) is 5.28 Å². The summed E-state index contributed by atoms with van der Waals surface area (Å²) in [4.78, 5) is 7.95. The smallest absolute Gasteiger partial charge is 0.224 e. The fraction of sp³-hybridized carbons (Fsp3) is 0.636. The largest absolute Gasteiger partial charge is 0.379 e. The summed E-state index contributed by atoms with van der Waals surface area (Å²) in [5.74, 6) is 0.731. The first kappa shape index (κ1) is 14.7. The second-order valence-corrected chi connectivity index (χ2v) is 5.08. The van der Waals surface area contributed by atoms with E-state index in [0.29, 0.717) is 6.10 Å². The summed E-state index contributed by atoms with van der Waals surface area (Å²) in [7, 11) is 0. The molecule has 0 aliphatic carbocycles. The molecule has 1 rings (SSSR count). The van der Waals surface area contributed by atoms with E-state index < -0.39 is 0 Å². The monoisotopic (exact) mass is 321 g/mol. The molecule has 0 aliphatic rings. The Labute approximate surface area is 115 Å². The molecular weight excluding hydrogens is 305 g/mol. The van der Waals surface area contributed by atoms with Crippen molar-refractivity contribution in [2.75, 3.05) is 18.5 Å². The molecule has 0 saturated heterocycles. The maximum absolute atomic E-state index is 5.71. The zero-order valence-electron chi connectivity index (χ0n) is 10.0. The zero-order chi connectivity index (χ0) is 12.7. The Hall–Kier alpha value is -0.390. The number of nitrogens with zero attached hydrogens (tertiary/aromatic N) is 2. The van der Waals surface area contributed by atoms with Gasteiger partial charge in [0, 0.05) is 19.3 Å². The fourth-order valence-corrected chi connectivity index (χ4v) is 1.69. The fourth-order valence-electron chi connectivity index (χ4n) is 1.22. The minimum Gasteiger partial charge on any atom is -0.379 e. The molecule has 0 radical (unpaired) electrons. The molecule has 0 aromatic carbocycles. The quantitative estimate of drug-likeness (QED) is 0.616. The number of nitrogens with one attached hydrogen (secondary N) is 1. The molecule has 0 fully saturated rings. The van der Waals surface area contributed by atoms with Crippen molar-refractivity contribution >= 4 is 33.3 Å². The van der Waals surface area contributed by atoms with Gasteiger partial charge in [0.25, 0.3) is 0 Å². The topological polar surface area (TPSA) is 47.0 Å². The molecule has 0 unspecified atom stereocenters. The number of rotatable bonds is 7. The molecule has 0 spiro atoms. The predicted molar refractivity (Wildman–Crippen MR) is 73.6 cm³/mol. The number of aromatic nitrogens is 2. The Morgan fingerprint density at radius 3 is 2.94 bits per heavy atom. The minimum atomic E-state index is 0.249. The number of anilines is 1. The molecular formula is C11H17BrClN3O. The van der Waals surface area contributed by atoms with E-state index in [-0.39, 0.29) is 5.28 Å². The summed E-state index contributed by atoms with van der Waals surface area (Å²) in [5.41, 5.74) is 0. The summed E-state index contributed by atoms with van der Waals surface area (Å²) in [5, 5.41) is 3.45. The molecule has 0 bridgehead atoms. The predicted octanol–water partition coefficient (Wildman–Crippen LogP) is 3.51. The first-order chi connectivity index (χ1) is 8.09. The summed E-state index contributed by atoms with van der Waals surface area (Å²) < 4.78 is 6.27. The Bertz CT molecular complexity index is 349. The third kappa shape index (κ3) is 6.19. The van der Waals surface area contributed by atoms with Gasteiger partial charge in [0.2, 0.25) is 5.28 Å². The number of ether oxygens (including phenoxy) is 1. The van der Waals surface area contributed by atoms with Crippen LogP contribution in [0.4, 0.5) is 5.82 Å². The van der Waals surface area contributed by atoms with Crippen molar-refractivity contribution in [2.45, 2.75) is 32.8 Å². The van der Waals surface area contributed by atoms with Gasteiger partial charge in [-0.3, -0.25) is 0 Å². The Balaban J connectivity index is 2.20. The molecule has 1 N–H and O–H groups in total. The second kappa shape index (κ2) is 7.84. The van der Waals surface area contributed by atoms with Crippen LogP contribution in [0, 0.1) is 0 Å². The van der Waals surface area contributed by atoms with E-state index in [1.54, 1.807) is 6.20 Å². The minimum absolute atomic E-state index is 0.249. The van der Waals surface area contributed by atoms with Crippen LogP contribution < -0.4 is 5.32 Å². The lowest BCUT2D eigenvalue weighted by Gasteiger charge is -2.09. The van der Waals surface area contributed by atoms with E-state index in [2.05, 4.69) is 31.2 Å². The second-order valence-electron chi connectivity index (χ2n) is 3.89. The van der Waals surface area contributed by atoms with Crippen molar-refractivity contribution in [3.05, 3.63) is 16.0 Å². The van der Waals surface area contributed by atoms with Crippen LogP contribution in [0.25, 0.3) is 0 Å². The van der Waals surface area contributed by atoms with Crippen LogP contribution in [-0.2, 0) is 4.74 Å². The summed E-state index contributed by atoms with van der Waals surface area (Å²) in [6.45, 7) is 5.72. The Kier molecular flexibility index (Phi) is 6.77. The van der Waals surface area contributed by atoms with Crippen molar-refractivity contribution in [1.82, 2.24) is 9.97 Å². The first-order valence-corrected chi connectivity index (χ1v) is 6.80. The maximum atomic E-state index is 5.71. The average Bonchev–Trinajstić information content (AvgIpc) is 2.27.